The minimum absolute atomic E-state index is 0.0435. The number of nitrogens with one attached hydrogen (secondary N) is 4. The number of aromatic amines is 2. The molecule has 0 saturated heterocycles. The van der Waals surface area contributed by atoms with Crippen LogP contribution in [-0.2, 0) is 30.3 Å². The minimum atomic E-state index is -0.713. The highest BCUT2D eigenvalue weighted by Crippen LogP contribution is 2.44. The minimum Gasteiger partial charge on any atom is -0.465 e. The zero-order valence-electron chi connectivity index (χ0n) is 34.9. The number of nitrogens with two attached hydrogens (primary N) is 1. The van der Waals surface area contributed by atoms with E-state index in [9.17, 15) is 19.2 Å². The molecular formula is C46H53N7O6. The Morgan fingerprint density at radius 2 is 1.59 bits per heavy atom. The SMILES string of the molecule is C=Cc1c(C)c2cc3nc(c(C(=O)OC)c4nc(cc5[nH]c(cc1[nH]2)c(C)c5CC)C(C)=C4C(=O)OC)[C@@H](CCC(=O)NCCCCC(=O)Nc1ccccc1N)[C@@H]3C. The van der Waals surface area contributed by atoms with Gasteiger partial charge in [0, 0.05) is 64.5 Å². The number of methoxy groups -OCH3 is 2. The Labute approximate surface area is 343 Å². The molecule has 6 rings (SSSR count). The van der Waals surface area contributed by atoms with Gasteiger partial charge in [-0.05, 0) is 99.0 Å². The van der Waals surface area contributed by atoms with Crippen molar-refractivity contribution in [3.63, 3.8) is 0 Å². The van der Waals surface area contributed by atoms with E-state index in [1.807, 2.05) is 32.1 Å². The van der Waals surface area contributed by atoms with Crippen molar-refractivity contribution in [1.82, 2.24) is 25.3 Å². The smallest absolute Gasteiger partial charge is 0.341 e. The van der Waals surface area contributed by atoms with Crippen molar-refractivity contribution in [2.45, 2.75) is 85.0 Å². The second kappa shape index (κ2) is 18.0. The number of amides is 2. The van der Waals surface area contributed by atoms with Gasteiger partial charge in [0.1, 0.15) is 5.56 Å². The molecule has 4 aromatic rings. The second-order valence-electron chi connectivity index (χ2n) is 15.0. The number of carbonyl (C=O) groups excluding carboxylic acids is 4. The van der Waals surface area contributed by atoms with Gasteiger partial charge in [0.15, 0.2) is 0 Å². The summed E-state index contributed by atoms with van der Waals surface area (Å²) in [5.41, 5.74) is 16.9. The molecule has 3 aromatic heterocycles. The fourth-order valence-electron chi connectivity index (χ4n) is 8.06. The Hall–Kier alpha value is -6.50. The molecule has 2 amide bonds. The third-order valence-electron chi connectivity index (χ3n) is 11.5. The lowest BCUT2D eigenvalue weighted by Gasteiger charge is -2.18. The summed E-state index contributed by atoms with van der Waals surface area (Å²) >= 11 is 0. The van der Waals surface area contributed by atoms with E-state index in [0.29, 0.717) is 59.8 Å². The number of anilines is 2. The van der Waals surface area contributed by atoms with Gasteiger partial charge in [-0.2, -0.15) is 0 Å². The Morgan fingerprint density at radius 3 is 2.29 bits per heavy atom. The summed E-state index contributed by atoms with van der Waals surface area (Å²) in [6.45, 7) is 14.5. The number of nitrogens with zero attached hydrogens (tertiary/aromatic N) is 2. The lowest BCUT2D eigenvalue weighted by molar-refractivity contribution is -0.133. The number of fused-ring (bicyclic) bond motifs is 8. The molecule has 0 unspecified atom stereocenters. The molecular weight excluding hydrogens is 747 g/mol. The van der Waals surface area contributed by atoms with E-state index in [2.05, 4.69) is 47.1 Å². The number of rotatable bonds is 13. The van der Waals surface area contributed by atoms with Gasteiger partial charge in [0.05, 0.1) is 48.2 Å². The van der Waals surface area contributed by atoms with Crippen LogP contribution in [0, 0.1) is 13.8 Å². The number of benzene rings is 1. The Kier molecular flexibility index (Phi) is 12.8. The molecule has 5 heterocycles. The molecule has 0 fully saturated rings. The van der Waals surface area contributed by atoms with Crippen LogP contribution in [0.15, 0.2) is 49.0 Å². The summed E-state index contributed by atoms with van der Waals surface area (Å²) in [6.07, 6.45) is 4.50. The van der Waals surface area contributed by atoms with Gasteiger partial charge in [-0.1, -0.05) is 38.6 Å². The van der Waals surface area contributed by atoms with E-state index >= 15 is 0 Å². The number of allylic oxidation sites excluding steroid dienone is 1. The van der Waals surface area contributed by atoms with Crippen LogP contribution < -0.4 is 16.4 Å². The highest BCUT2D eigenvalue weighted by molar-refractivity contribution is 6.26. The van der Waals surface area contributed by atoms with E-state index in [0.717, 1.165) is 50.7 Å². The van der Waals surface area contributed by atoms with Crippen molar-refractivity contribution >= 4 is 74.4 Å². The average Bonchev–Trinajstić information content (AvgIpc) is 3.90. The van der Waals surface area contributed by atoms with Gasteiger partial charge in [-0.3, -0.25) is 14.6 Å². The number of H-pyrrole nitrogens is 2. The zero-order chi connectivity index (χ0) is 42.5. The average molecular weight is 800 g/mol. The van der Waals surface area contributed by atoms with Crippen LogP contribution in [0.1, 0.15) is 120 Å². The van der Waals surface area contributed by atoms with Crippen molar-refractivity contribution in [1.29, 1.82) is 0 Å². The molecule has 2 aliphatic rings. The van der Waals surface area contributed by atoms with Gasteiger partial charge < -0.3 is 35.8 Å². The molecule has 13 nitrogen and oxygen atoms in total. The fourth-order valence-corrected chi connectivity index (χ4v) is 8.06. The van der Waals surface area contributed by atoms with E-state index < -0.39 is 17.9 Å². The van der Waals surface area contributed by atoms with Gasteiger partial charge in [0.2, 0.25) is 11.8 Å². The highest BCUT2D eigenvalue weighted by atomic mass is 16.5. The van der Waals surface area contributed by atoms with Crippen LogP contribution >= 0.6 is 0 Å². The molecule has 0 saturated carbocycles. The lowest BCUT2D eigenvalue weighted by atomic mass is 9.85. The maximum atomic E-state index is 14.0. The summed E-state index contributed by atoms with van der Waals surface area (Å²) < 4.78 is 10.7. The first-order valence-electron chi connectivity index (χ1n) is 20.0. The van der Waals surface area contributed by atoms with Crippen LogP contribution in [0.3, 0.4) is 0 Å². The van der Waals surface area contributed by atoms with Gasteiger partial charge in [-0.25, -0.2) is 14.6 Å². The van der Waals surface area contributed by atoms with Crippen molar-refractivity contribution in [3.05, 3.63) is 99.6 Å². The molecule has 0 radical (unpaired) electrons. The van der Waals surface area contributed by atoms with Crippen molar-refractivity contribution < 1.29 is 28.7 Å². The lowest BCUT2D eigenvalue weighted by Crippen LogP contribution is -2.25. The fraction of sp³-hybridized carbons (Fsp3) is 0.348. The number of hydrogen-bond donors (Lipinski definition) is 5. The zero-order valence-corrected chi connectivity index (χ0v) is 34.9. The summed E-state index contributed by atoms with van der Waals surface area (Å²) in [6, 6.07) is 13.0. The quantitative estimate of drug-likeness (QED) is 0.0503. The summed E-state index contributed by atoms with van der Waals surface area (Å²) in [5.74, 6) is -2.37. The predicted octanol–water partition coefficient (Wildman–Crippen LogP) is 8.20. The van der Waals surface area contributed by atoms with Crippen LogP contribution in [0.2, 0.25) is 0 Å². The number of aromatic nitrogens is 4. The maximum Gasteiger partial charge on any atom is 0.341 e. The molecule has 2 atom stereocenters. The first kappa shape index (κ1) is 42.1. The molecule has 6 N–H and O–H groups in total. The molecule has 2 aliphatic heterocycles. The largest absolute Gasteiger partial charge is 0.465 e. The molecule has 0 spiro atoms. The number of esters is 2. The number of nitrogen functional groups attached to an aromatic ring is 1. The molecule has 0 aliphatic carbocycles. The van der Waals surface area contributed by atoms with E-state index in [1.165, 1.54) is 14.2 Å². The number of para-hydroxylation sites is 2. The third kappa shape index (κ3) is 8.55. The van der Waals surface area contributed by atoms with Gasteiger partial charge in [-0.15, -0.1) is 0 Å². The van der Waals surface area contributed by atoms with Crippen molar-refractivity contribution in [2.24, 2.45) is 0 Å². The summed E-state index contributed by atoms with van der Waals surface area (Å²) in [4.78, 5) is 70.6. The number of aryl methyl sites for hydroxylation is 3. The standard InChI is InChI=1S/C46H53N7O6/c1-9-28-24(3)33-21-35-26(5)30(18-19-39(54)48-20-14-13-17-40(55)51-32-16-12-11-15-31(32)47)43(52-35)42(46(57)59-8)44-41(45(56)58-7)27(6)36(53-44)23-38-29(10-2)25(4)34(50-38)22-37(28)49-33/h9,11-12,15-16,21-23,26,30,49-50H,1,10,13-14,17-20,47H2,2-8H3,(H,48,54)(H,51,55)/t26-,30-/m0/s1. The van der Waals surface area contributed by atoms with Crippen LogP contribution in [-0.4, -0.2) is 64.5 Å². The molecule has 8 bridgehead atoms. The van der Waals surface area contributed by atoms with E-state index in [4.69, 9.17) is 25.2 Å². The first-order valence-corrected chi connectivity index (χ1v) is 20.0. The Morgan fingerprint density at radius 1 is 0.881 bits per heavy atom. The number of ether oxygens (including phenoxy) is 2. The van der Waals surface area contributed by atoms with Crippen LogP contribution in [0.5, 0.6) is 0 Å². The first-order chi connectivity index (χ1) is 28.3. The maximum absolute atomic E-state index is 14.0. The summed E-state index contributed by atoms with van der Waals surface area (Å²) in [7, 11) is 2.57. The monoisotopic (exact) mass is 799 g/mol. The highest BCUT2D eigenvalue weighted by Gasteiger charge is 2.38. The predicted molar refractivity (Wildman–Crippen MR) is 233 cm³/mol. The van der Waals surface area contributed by atoms with Crippen molar-refractivity contribution in [3.8, 4) is 0 Å². The van der Waals surface area contributed by atoms with Gasteiger partial charge in [0.25, 0.3) is 0 Å². The molecule has 308 valence electrons. The number of unbranched alkanes of at least 4 members (excludes halogenated alkanes) is 1. The molecule has 59 heavy (non-hydrogen) atoms. The van der Waals surface area contributed by atoms with E-state index in [-0.39, 0.29) is 47.4 Å². The second-order valence-corrected chi connectivity index (χ2v) is 15.0. The number of hydrogen-bond acceptors (Lipinski definition) is 9. The van der Waals surface area contributed by atoms with Crippen LogP contribution in [0.25, 0.3) is 39.3 Å². The van der Waals surface area contributed by atoms with Crippen LogP contribution in [0.4, 0.5) is 11.4 Å². The number of carbonyl (C=O) groups is 4. The Bertz CT molecular complexity index is 2550. The molecule has 1 aromatic carbocycles. The normalized spacial score (nSPS) is 14.8. The summed E-state index contributed by atoms with van der Waals surface area (Å²) in [5, 5.41) is 5.80. The topological polar surface area (TPSA) is 194 Å². The van der Waals surface area contributed by atoms with E-state index in [1.54, 1.807) is 31.2 Å². The Balaban J connectivity index is 1.40. The molecule has 13 heteroatoms. The van der Waals surface area contributed by atoms with Crippen molar-refractivity contribution in [2.75, 3.05) is 31.8 Å². The van der Waals surface area contributed by atoms with Gasteiger partial charge >= 0.3 is 11.9 Å². The third-order valence-corrected chi connectivity index (χ3v) is 11.5.